The van der Waals surface area contributed by atoms with Gasteiger partial charge in [0.1, 0.15) is 5.75 Å². The molecule has 1 saturated heterocycles. The van der Waals surface area contributed by atoms with Crippen LogP contribution in [0.4, 0.5) is 5.69 Å². The quantitative estimate of drug-likeness (QED) is 0.860. The summed E-state index contributed by atoms with van der Waals surface area (Å²) in [4.78, 5) is 25.0. The number of carbonyl (C=O) groups is 2. The largest absolute Gasteiger partial charge is 0.497 e. The minimum atomic E-state index is -0.260. The van der Waals surface area contributed by atoms with Crippen molar-refractivity contribution < 1.29 is 14.3 Å². The van der Waals surface area contributed by atoms with Crippen molar-refractivity contribution >= 4 is 17.5 Å². The zero-order valence-corrected chi connectivity index (χ0v) is 10.5. The molecule has 0 aliphatic carbocycles. The van der Waals surface area contributed by atoms with Gasteiger partial charge in [0.15, 0.2) is 0 Å². The lowest BCUT2D eigenvalue weighted by molar-refractivity contribution is -0.125. The van der Waals surface area contributed by atoms with Crippen molar-refractivity contribution in [1.82, 2.24) is 5.32 Å². The van der Waals surface area contributed by atoms with Crippen LogP contribution in [0.3, 0.4) is 0 Å². The molecule has 0 unspecified atom stereocenters. The number of ether oxygens (including phenoxy) is 1. The summed E-state index contributed by atoms with van der Waals surface area (Å²) < 4.78 is 5.07. The van der Waals surface area contributed by atoms with E-state index in [9.17, 15) is 9.59 Å². The Labute approximate surface area is 106 Å². The third kappa shape index (κ3) is 2.30. The summed E-state index contributed by atoms with van der Waals surface area (Å²) in [6.45, 7) is 0.435. The summed E-state index contributed by atoms with van der Waals surface area (Å²) in [5, 5.41) is 2.58. The molecule has 1 heterocycles. The van der Waals surface area contributed by atoms with E-state index in [4.69, 9.17) is 4.74 Å². The molecule has 18 heavy (non-hydrogen) atoms. The summed E-state index contributed by atoms with van der Waals surface area (Å²) in [6, 6.07) is 7.25. The lowest BCUT2D eigenvalue weighted by Gasteiger charge is -2.16. The number of amides is 2. The number of methoxy groups -OCH3 is 1. The molecule has 1 fully saturated rings. The van der Waals surface area contributed by atoms with Crippen molar-refractivity contribution in [2.24, 2.45) is 5.92 Å². The van der Waals surface area contributed by atoms with Crippen LogP contribution >= 0.6 is 0 Å². The maximum Gasteiger partial charge on any atom is 0.227 e. The highest BCUT2D eigenvalue weighted by molar-refractivity contribution is 6.00. The van der Waals surface area contributed by atoms with Gasteiger partial charge in [-0.15, -0.1) is 0 Å². The number of anilines is 1. The third-order valence-corrected chi connectivity index (χ3v) is 3.13. The lowest BCUT2D eigenvalue weighted by Crippen LogP contribution is -2.30. The van der Waals surface area contributed by atoms with Crippen LogP contribution in [0, 0.1) is 5.92 Å². The standard InChI is InChI=1S/C13H16N2O3/c1-14-13(17)9-7-12(16)15(8-9)10-3-5-11(18-2)6-4-10/h3-6,9H,7-8H2,1-2H3,(H,14,17)/t9-/m1/s1. The molecule has 96 valence electrons. The Morgan fingerprint density at radius 1 is 1.39 bits per heavy atom. The molecule has 5 nitrogen and oxygen atoms in total. The van der Waals surface area contributed by atoms with Gasteiger partial charge in [0, 0.05) is 25.7 Å². The summed E-state index contributed by atoms with van der Waals surface area (Å²) in [5.74, 6) is 0.381. The van der Waals surface area contributed by atoms with Crippen LogP contribution in [0.25, 0.3) is 0 Å². The maximum absolute atomic E-state index is 11.9. The second kappa shape index (κ2) is 5.08. The molecule has 0 aromatic heterocycles. The van der Waals surface area contributed by atoms with Crippen molar-refractivity contribution in [2.45, 2.75) is 6.42 Å². The molecule has 1 aliphatic heterocycles. The van der Waals surface area contributed by atoms with Gasteiger partial charge in [-0.1, -0.05) is 0 Å². The number of hydrogen-bond donors (Lipinski definition) is 1. The predicted octanol–water partition coefficient (Wildman–Crippen LogP) is 0.794. The summed E-state index contributed by atoms with van der Waals surface area (Å²) >= 11 is 0. The number of benzene rings is 1. The molecule has 0 bridgehead atoms. The fraction of sp³-hybridized carbons (Fsp3) is 0.385. The molecule has 1 atom stereocenters. The average Bonchev–Trinajstić information content (AvgIpc) is 2.80. The van der Waals surface area contributed by atoms with E-state index in [1.165, 1.54) is 0 Å². The van der Waals surface area contributed by atoms with Gasteiger partial charge in [0.25, 0.3) is 0 Å². The fourth-order valence-electron chi connectivity index (χ4n) is 2.10. The number of nitrogens with zero attached hydrogens (tertiary/aromatic N) is 1. The SMILES string of the molecule is CNC(=O)[C@@H]1CC(=O)N(c2ccc(OC)cc2)C1. The first-order valence-electron chi connectivity index (χ1n) is 5.81. The van der Waals surface area contributed by atoms with Crippen molar-refractivity contribution in [1.29, 1.82) is 0 Å². The smallest absolute Gasteiger partial charge is 0.227 e. The lowest BCUT2D eigenvalue weighted by atomic mass is 10.1. The molecule has 2 rings (SSSR count). The molecular formula is C13H16N2O3. The Morgan fingerprint density at radius 3 is 2.61 bits per heavy atom. The Balaban J connectivity index is 2.13. The van der Waals surface area contributed by atoms with Gasteiger partial charge in [0.05, 0.1) is 13.0 Å². The van der Waals surface area contributed by atoms with E-state index in [0.717, 1.165) is 11.4 Å². The minimum Gasteiger partial charge on any atom is -0.497 e. The summed E-state index contributed by atoms with van der Waals surface area (Å²) in [6.07, 6.45) is 0.270. The zero-order chi connectivity index (χ0) is 13.1. The highest BCUT2D eigenvalue weighted by Gasteiger charge is 2.34. The van der Waals surface area contributed by atoms with Crippen LogP contribution in [-0.2, 0) is 9.59 Å². The third-order valence-electron chi connectivity index (χ3n) is 3.13. The number of nitrogens with one attached hydrogen (secondary N) is 1. The first-order chi connectivity index (χ1) is 8.65. The second-order valence-electron chi connectivity index (χ2n) is 4.22. The van der Waals surface area contributed by atoms with Gasteiger partial charge >= 0.3 is 0 Å². The molecular weight excluding hydrogens is 232 g/mol. The van der Waals surface area contributed by atoms with Crippen LogP contribution in [0.1, 0.15) is 6.42 Å². The zero-order valence-electron chi connectivity index (χ0n) is 10.5. The van der Waals surface area contributed by atoms with Gasteiger partial charge in [-0.05, 0) is 24.3 Å². The van der Waals surface area contributed by atoms with Crippen molar-refractivity contribution in [3.8, 4) is 5.75 Å². The van der Waals surface area contributed by atoms with E-state index < -0.39 is 0 Å². The van der Waals surface area contributed by atoms with Gasteiger partial charge in [-0.2, -0.15) is 0 Å². The molecule has 1 aromatic rings. The topological polar surface area (TPSA) is 58.6 Å². The van der Waals surface area contributed by atoms with Crippen LogP contribution in [0.5, 0.6) is 5.75 Å². The first-order valence-corrected chi connectivity index (χ1v) is 5.81. The summed E-state index contributed by atoms with van der Waals surface area (Å²) in [5.41, 5.74) is 0.798. The van der Waals surface area contributed by atoms with E-state index in [-0.39, 0.29) is 24.2 Å². The van der Waals surface area contributed by atoms with Crippen LogP contribution in [-0.4, -0.2) is 32.5 Å². The van der Waals surface area contributed by atoms with Crippen LogP contribution in [0.15, 0.2) is 24.3 Å². The van der Waals surface area contributed by atoms with Gasteiger partial charge in [0.2, 0.25) is 11.8 Å². The summed E-state index contributed by atoms with van der Waals surface area (Å²) in [7, 11) is 3.18. The van der Waals surface area contributed by atoms with Crippen molar-refractivity contribution in [3.05, 3.63) is 24.3 Å². The van der Waals surface area contributed by atoms with E-state index in [1.54, 1.807) is 31.2 Å². The Kier molecular flexibility index (Phi) is 3.50. The van der Waals surface area contributed by atoms with Crippen LogP contribution in [0.2, 0.25) is 0 Å². The van der Waals surface area contributed by atoms with E-state index in [2.05, 4.69) is 5.32 Å². The highest BCUT2D eigenvalue weighted by atomic mass is 16.5. The second-order valence-corrected chi connectivity index (χ2v) is 4.22. The number of rotatable bonds is 3. The van der Waals surface area contributed by atoms with Gasteiger partial charge in [-0.25, -0.2) is 0 Å². The Hall–Kier alpha value is -2.04. The molecule has 0 spiro atoms. The fourth-order valence-corrected chi connectivity index (χ4v) is 2.10. The first kappa shape index (κ1) is 12.4. The molecule has 5 heteroatoms. The highest BCUT2D eigenvalue weighted by Crippen LogP contribution is 2.26. The van der Waals surface area contributed by atoms with Crippen LogP contribution < -0.4 is 15.0 Å². The molecule has 1 aromatic carbocycles. The number of carbonyl (C=O) groups excluding carboxylic acids is 2. The Morgan fingerprint density at radius 2 is 2.06 bits per heavy atom. The minimum absolute atomic E-state index is 0.0197. The molecule has 0 radical (unpaired) electrons. The molecule has 1 N–H and O–H groups in total. The van der Waals surface area contributed by atoms with Gasteiger partial charge < -0.3 is 15.0 Å². The van der Waals surface area contributed by atoms with E-state index >= 15 is 0 Å². The average molecular weight is 248 g/mol. The maximum atomic E-state index is 11.9. The number of hydrogen-bond acceptors (Lipinski definition) is 3. The Bertz CT molecular complexity index is 456. The molecule has 1 aliphatic rings. The van der Waals surface area contributed by atoms with Crippen molar-refractivity contribution in [3.63, 3.8) is 0 Å². The normalized spacial score (nSPS) is 18.9. The van der Waals surface area contributed by atoms with E-state index in [1.807, 2.05) is 12.1 Å². The predicted molar refractivity (Wildman–Crippen MR) is 67.5 cm³/mol. The van der Waals surface area contributed by atoms with E-state index in [0.29, 0.717) is 6.54 Å². The van der Waals surface area contributed by atoms with Gasteiger partial charge in [-0.3, -0.25) is 9.59 Å². The van der Waals surface area contributed by atoms with Crippen molar-refractivity contribution in [2.75, 3.05) is 25.6 Å². The molecule has 0 saturated carbocycles. The monoisotopic (exact) mass is 248 g/mol. The molecule has 2 amide bonds.